The summed E-state index contributed by atoms with van der Waals surface area (Å²) >= 11 is 6.26. The smallest absolute Gasteiger partial charge is 0.252 e. The Labute approximate surface area is 174 Å². The van der Waals surface area contributed by atoms with Crippen molar-refractivity contribution < 1.29 is 4.79 Å². The normalized spacial score (nSPS) is 11.3. The van der Waals surface area contributed by atoms with Crippen LogP contribution in [0.1, 0.15) is 35.8 Å². The van der Waals surface area contributed by atoms with E-state index < -0.39 is 0 Å². The lowest BCUT2D eigenvalue weighted by Gasteiger charge is -2.09. The molecule has 2 heterocycles. The molecule has 0 radical (unpaired) electrons. The number of aromatic nitrogens is 4. The van der Waals surface area contributed by atoms with Crippen LogP contribution in [-0.4, -0.2) is 31.8 Å². The van der Waals surface area contributed by atoms with Crippen molar-refractivity contribution >= 4 is 28.4 Å². The van der Waals surface area contributed by atoms with E-state index in [1.165, 1.54) is 16.5 Å². The molecule has 29 heavy (non-hydrogen) atoms. The molecule has 2 aromatic carbocycles. The maximum absolute atomic E-state index is 12.7. The molecule has 7 heteroatoms. The summed E-state index contributed by atoms with van der Waals surface area (Å²) in [5, 5.41) is 12.2. The zero-order valence-electron chi connectivity index (χ0n) is 16.3. The van der Waals surface area contributed by atoms with Crippen LogP contribution in [0.5, 0.6) is 0 Å². The Bertz CT molecular complexity index is 1150. The van der Waals surface area contributed by atoms with Gasteiger partial charge in [-0.15, -0.1) is 10.2 Å². The number of rotatable bonds is 6. The number of carbonyl (C=O) groups excluding carboxylic acids is 1. The molecule has 4 rings (SSSR count). The fourth-order valence-electron chi connectivity index (χ4n) is 3.49. The van der Waals surface area contributed by atoms with E-state index in [0.717, 1.165) is 12.1 Å². The summed E-state index contributed by atoms with van der Waals surface area (Å²) < 4.78 is 4.00. The van der Waals surface area contributed by atoms with Crippen LogP contribution in [0.25, 0.3) is 16.6 Å². The minimum absolute atomic E-state index is 0.197. The maximum Gasteiger partial charge on any atom is 0.252 e. The third kappa shape index (κ3) is 3.89. The van der Waals surface area contributed by atoms with Gasteiger partial charge in [0.2, 0.25) is 0 Å². The molecule has 0 unspecified atom stereocenters. The number of amides is 1. The summed E-state index contributed by atoms with van der Waals surface area (Å²) in [6.07, 6.45) is 6.08. The largest absolute Gasteiger partial charge is 0.352 e. The molecule has 2 aromatic heterocycles. The third-order valence-electron chi connectivity index (χ3n) is 4.97. The second-order valence-electron chi connectivity index (χ2n) is 7.21. The highest BCUT2D eigenvalue weighted by molar-refractivity contribution is 6.33. The molecule has 0 bridgehead atoms. The average Bonchev–Trinajstić information content (AvgIpc) is 3.37. The molecule has 148 valence electrons. The van der Waals surface area contributed by atoms with Crippen LogP contribution in [0.4, 0.5) is 0 Å². The molecule has 0 aliphatic heterocycles. The topological polar surface area (TPSA) is 64.7 Å². The van der Waals surface area contributed by atoms with Crippen LogP contribution in [0, 0.1) is 0 Å². The zero-order valence-corrected chi connectivity index (χ0v) is 17.1. The first-order valence-corrected chi connectivity index (χ1v) is 9.93. The summed E-state index contributed by atoms with van der Waals surface area (Å²) in [7, 11) is 0. The minimum atomic E-state index is -0.197. The Hall–Kier alpha value is -3.12. The molecule has 1 N–H and O–H groups in total. The highest BCUT2D eigenvalue weighted by Crippen LogP contribution is 2.25. The molecule has 0 fully saturated rings. The van der Waals surface area contributed by atoms with E-state index >= 15 is 0 Å². The van der Waals surface area contributed by atoms with Crippen molar-refractivity contribution in [1.29, 1.82) is 0 Å². The van der Waals surface area contributed by atoms with Crippen molar-refractivity contribution in [2.75, 3.05) is 6.54 Å². The van der Waals surface area contributed by atoms with Gasteiger partial charge in [-0.25, -0.2) is 0 Å². The molecule has 0 saturated heterocycles. The van der Waals surface area contributed by atoms with Crippen LogP contribution in [0.2, 0.25) is 5.02 Å². The Balaban J connectivity index is 1.49. The van der Waals surface area contributed by atoms with Gasteiger partial charge in [0.15, 0.2) is 0 Å². The summed E-state index contributed by atoms with van der Waals surface area (Å²) in [6, 6.07) is 14.0. The predicted molar refractivity (Wildman–Crippen MR) is 115 cm³/mol. The highest BCUT2D eigenvalue weighted by Gasteiger charge is 2.13. The summed E-state index contributed by atoms with van der Waals surface area (Å²) in [5.41, 5.74) is 3.65. The van der Waals surface area contributed by atoms with Gasteiger partial charge in [-0.2, -0.15) is 0 Å². The van der Waals surface area contributed by atoms with Crippen molar-refractivity contribution in [2.45, 2.75) is 26.3 Å². The Kier molecular flexibility index (Phi) is 5.36. The standard InChI is InChI=1S/C22H22ClN5O/c1-15(2)28-12-16(18-5-3-4-6-21(18)28)9-10-24-22(29)19-11-17(7-8-20(19)23)27-13-25-26-14-27/h3-8,11-15H,9-10H2,1-2H3,(H,24,29). The monoisotopic (exact) mass is 407 g/mol. The molecule has 1 amide bonds. The van der Waals surface area contributed by atoms with Gasteiger partial charge in [0.25, 0.3) is 5.91 Å². The molecule has 6 nitrogen and oxygen atoms in total. The molecule has 0 atom stereocenters. The Morgan fingerprint density at radius 1 is 1.14 bits per heavy atom. The number of nitrogens with one attached hydrogen (secondary N) is 1. The summed E-state index contributed by atoms with van der Waals surface area (Å²) in [6.45, 7) is 4.86. The molecule has 0 aliphatic carbocycles. The van der Waals surface area contributed by atoms with Gasteiger partial charge in [-0.1, -0.05) is 29.8 Å². The number of benzene rings is 2. The van der Waals surface area contributed by atoms with Crippen LogP contribution >= 0.6 is 11.6 Å². The second-order valence-corrected chi connectivity index (χ2v) is 7.62. The van der Waals surface area contributed by atoms with E-state index in [2.05, 4.69) is 58.3 Å². The van der Waals surface area contributed by atoms with E-state index in [-0.39, 0.29) is 5.91 Å². The van der Waals surface area contributed by atoms with E-state index in [9.17, 15) is 4.79 Å². The molecule has 0 saturated carbocycles. The van der Waals surface area contributed by atoms with Gasteiger partial charge in [0.1, 0.15) is 12.7 Å². The van der Waals surface area contributed by atoms with Crippen LogP contribution in [0.15, 0.2) is 61.3 Å². The predicted octanol–water partition coefficient (Wildman–Crippen LogP) is 4.43. The summed E-state index contributed by atoms with van der Waals surface area (Å²) in [4.78, 5) is 12.7. The SMILES string of the molecule is CC(C)n1cc(CCNC(=O)c2cc(-n3cnnc3)ccc2Cl)c2ccccc21. The highest BCUT2D eigenvalue weighted by atomic mass is 35.5. The first-order chi connectivity index (χ1) is 14.0. The average molecular weight is 408 g/mol. The van der Waals surface area contributed by atoms with Crippen molar-refractivity contribution in [3.05, 3.63) is 77.5 Å². The van der Waals surface area contributed by atoms with E-state index in [0.29, 0.717) is 23.2 Å². The van der Waals surface area contributed by atoms with Gasteiger partial charge < -0.3 is 9.88 Å². The summed E-state index contributed by atoms with van der Waals surface area (Å²) in [5.74, 6) is -0.197. The molecule has 0 aliphatic rings. The molecule has 0 spiro atoms. The third-order valence-corrected chi connectivity index (χ3v) is 5.30. The van der Waals surface area contributed by atoms with E-state index in [1.54, 1.807) is 29.4 Å². The number of hydrogen-bond acceptors (Lipinski definition) is 3. The van der Waals surface area contributed by atoms with E-state index in [4.69, 9.17) is 11.6 Å². The number of para-hydroxylation sites is 1. The second kappa shape index (κ2) is 8.09. The molecular weight excluding hydrogens is 386 g/mol. The van der Waals surface area contributed by atoms with Gasteiger partial charge in [-0.05, 0) is 50.1 Å². The minimum Gasteiger partial charge on any atom is -0.352 e. The number of hydrogen-bond donors (Lipinski definition) is 1. The van der Waals surface area contributed by atoms with Crippen molar-refractivity contribution in [1.82, 2.24) is 24.6 Å². The fourth-order valence-corrected chi connectivity index (χ4v) is 3.69. The van der Waals surface area contributed by atoms with Gasteiger partial charge in [0.05, 0.1) is 10.6 Å². The maximum atomic E-state index is 12.7. The number of nitrogens with zero attached hydrogens (tertiary/aromatic N) is 4. The number of carbonyl (C=O) groups is 1. The van der Waals surface area contributed by atoms with Crippen LogP contribution in [0.3, 0.4) is 0 Å². The quantitative estimate of drug-likeness (QED) is 0.514. The van der Waals surface area contributed by atoms with E-state index in [1.807, 2.05) is 12.1 Å². The van der Waals surface area contributed by atoms with Gasteiger partial charge >= 0.3 is 0 Å². The van der Waals surface area contributed by atoms with Crippen LogP contribution < -0.4 is 5.32 Å². The Morgan fingerprint density at radius 2 is 1.90 bits per heavy atom. The van der Waals surface area contributed by atoms with Gasteiger partial charge in [-0.3, -0.25) is 9.36 Å². The van der Waals surface area contributed by atoms with Crippen molar-refractivity contribution in [2.24, 2.45) is 0 Å². The lowest BCUT2D eigenvalue weighted by Crippen LogP contribution is -2.26. The van der Waals surface area contributed by atoms with Crippen molar-refractivity contribution in [3.8, 4) is 5.69 Å². The number of halogens is 1. The lowest BCUT2D eigenvalue weighted by molar-refractivity contribution is 0.0954. The number of fused-ring (bicyclic) bond motifs is 1. The first-order valence-electron chi connectivity index (χ1n) is 9.56. The van der Waals surface area contributed by atoms with Gasteiger partial charge in [0, 0.05) is 35.4 Å². The first kappa shape index (κ1) is 19.2. The zero-order chi connectivity index (χ0) is 20.4. The Morgan fingerprint density at radius 3 is 2.66 bits per heavy atom. The lowest BCUT2D eigenvalue weighted by atomic mass is 10.1. The molecule has 4 aromatic rings. The van der Waals surface area contributed by atoms with Crippen LogP contribution in [-0.2, 0) is 6.42 Å². The van der Waals surface area contributed by atoms with Crippen molar-refractivity contribution in [3.63, 3.8) is 0 Å². The fraction of sp³-hybridized carbons (Fsp3) is 0.227. The molecular formula is C22H22ClN5O.